The Hall–Kier alpha value is -6.25. The van der Waals surface area contributed by atoms with Crippen LogP contribution >= 0.6 is 0 Å². The number of rotatable bonds is 9. The molecule has 0 amide bonds. The second-order valence-electron chi connectivity index (χ2n) is 26.2. The van der Waals surface area contributed by atoms with Crippen molar-refractivity contribution in [2.75, 3.05) is 9.80 Å². The topological polar surface area (TPSA) is 33.5 Å². The van der Waals surface area contributed by atoms with Crippen LogP contribution in [0.4, 0.5) is 22.7 Å². The van der Waals surface area contributed by atoms with Crippen LogP contribution in [0.5, 0.6) is 11.5 Å². The summed E-state index contributed by atoms with van der Waals surface area (Å²) in [7, 11) is -3.53. The maximum absolute atomic E-state index is 7.08. The molecule has 15 rings (SSSR count). The summed E-state index contributed by atoms with van der Waals surface area (Å²) >= 11 is 0. The van der Waals surface area contributed by atoms with Gasteiger partial charge >= 0.3 is 0 Å². The van der Waals surface area contributed by atoms with Crippen LogP contribution in [0, 0.1) is 42.5 Å². The number of ether oxygens (including phenoxy) is 1. The van der Waals surface area contributed by atoms with E-state index in [1.165, 1.54) is 97.5 Å². The normalized spacial score (nSPS) is 21.0. The Bertz CT molecular complexity index is 3950. The molecule has 5 nitrogen and oxygen atoms in total. The molecule has 8 heteroatoms. The first kappa shape index (κ1) is 51.2. The average molecular weight is 1230 g/mol. The summed E-state index contributed by atoms with van der Waals surface area (Å²) in [6.07, 6.45) is 8.67. The zero-order chi connectivity index (χ0) is 52.8. The quantitative estimate of drug-likeness (QED) is 0.0819. The summed E-state index contributed by atoms with van der Waals surface area (Å²) in [5.74, 6) is 5.01. The molecule has 2 aromatic heterocycles. The number of benzene rings is 8. The van der Waals surface area contributed by atoms with Crippen molar-refractivity contribution in [1.29, 1.82) is 0 Å². The van der Waals surface area contributed by atoms with Gasteiger partial charge in [0.05, 0.1) is 16.1 Å². The minimum atomic E-state index is -1.77. The van der Waals surface area contributed by atoms with Gasteiger partial charge in [-0.25, -0.2) is 4.98 Å². The molecule has 0 unspecified atom stereocenters. The molecule has 396 valence electrons. The van der Waals surface area contributed by atoms with Crippen molar-refractivity contribution >= 4 is 92.6 Å². The van der Waals surface area contributed by atoms with E-state index in [-0.39, 0.29) is 31.9 Å². The number of hydrogen-bond donors (Lipinski definition) is 0. The molecule has 1 aliphatic heterocycles. The van der Waals surface area contributed by atoms with Crippen molar-refractivity contribution in [2.45, 2.75) is 103 Å². The molecular formula is C70H69N4OPtSi2-3. The van der Waals surface area contributed by atoms with E-state index < -0.39 is 16.1 Å². The molecule has 0 radical (unpaired) electrons. The third-order valence-electron chi connectivity index (χ3n) is 18.4. The first-order chi connectivity index (χ1) is 37.0. The fourth-order valence-corrected chi connectivity index (χ4v) is 18.4. The van der Waals surface area contributed by atoms with Crippen LogP contribution in [0.1, 0.15) is 69.6 Å². The maximum Gasteiger partial charge on any atom is 0.135 e. The Morgan fingerprint density at radius 2 is 1.21 bits per heavy atom. The Kier molecular flexibility index (Phi) is 12.3. The second-order valence-corrected chi connectivity index (χ2v) is 36.3. The molecule has 4 bridgehead atoms. The van der Waals surface area contributed by atoms with E-state index in [2.05, 4.69) is 257 Å². The van der Waals surface area contributed by atoms with Gasteiger partial charge in [0.1, 0.15) is 5.82 Å². The Morgan fingerprint density at radius 1 is 0.577 bits per heavy atom. The van der Waals surface area contributed by atoms with Gasteiger partial charge < -0.3 is 19.1 Å². The fourth-order valence-electron chi connectivity index (χ4n) is 15.1. The Labute approximate surface area is 478 Å². The van der Waals surface area contributed by atoms with Crippen molar-refractivity contribution in [1.82, 2.24) is 9.55 Å². The molecule has 10 aromatic rings. The third-order valence-corrected chi connectivity index (χ3v) is 22.4. The SMILES string of the molecule is CC(C)(C)c1cc(Oc2[c-]c3c(cc2)c2ccccc2n3-c2cc(C3(c4cccc5c4ccc4ccccc45)C4CC5CC(C4)CC3C5)ccn2)[c-]c(N2[CH-]N(c3c([Si](C)(C)C)cccc3[Si](C)(C)C)c3ccccc32)c1.[Pt]. The van der Waals surface area contributed by atoms with Crippen molar-refractivity contribution in [2.24, 2.45) is 23.7 Å². The molecule has 0 spiro atoms. The van der Waals surface area contributed by atoms with Crippen molar-refractivity contribution in [3.8, 4) is 17.3 Å². The van der Waals surface area contributed by atoms with Crippen LogP contribution in [0.2, 0.25) is 39.3 Å². The number of anilines is 4. The van der Waals surface area contributed by atoms with Crippen molar-refractivity contribution in [3.05, 3.63) is 199 Å². The summed E-state index contributed by atoms with van der Waals surface area (Å²) < 4.78 is 9.42. The molecule has 78 heavy (non-hydrogen) atoms. The molecule has 8 aromatic carbocycles. The Balaban J connectivity index is 0.00000579. The van der Waals surface area contributed by atoms with Gasteiger partial charge in [-0.2, -0.15) is 6.07 Å². The molecule has 0 saturated heterocycles. The van der Waals surface area contributed by atoms with Crippen LogP contribution in [0.15, 0.2) is 164 Å². The van der Waals surface area contributed by atoms with Crippen LogP contribution in [0.25, 0.3) is 49.2 Å². The van der Waals surface area contributed by atoms with Crippen LogP contribution in [-0.4, -0.2) is 25.7 Å². The van der Waals surface area contributed by atoms with Gasteiger partial charge in [0.15, 0.2) is 0 Å². The molecule has 3 heterocycles. The number of para-hydroxylation sites is 4. The number of hydrogen-bond acceptors (Lipinski definition) is 4. The molecule has 4 aliphatic carbocycles. The van der Waals surface area contributed by atoms with Crippen molar-refractivity contribution in [3.63, 3.8) is 0 Å². The van der Waals surface area contributed by atoms with Gasteiger partial charge in [-0.1, -0.05) is 169 Å². The average Bonchev–Trinajstić information content (AvgIpc) is 3.80. The molecule has 5 aliphatic rings. The standard InChI is InChI=1S/C70H69N4OSi2.Pt/c1-69(2,3)49-39-52(72-44-73(63-25-15-14-24-62(63)72)68-65(76(4,5)6)26-17-27-66(68)77(7,8)9)42-54(40-49)75-53-29-31-59-58-20-12-13-23-61(58)74(64(59)43-53)67-41-48(32-33-71-67)70(50-35-45-34-46(37-50)38-51(70)36-45)60-22-16-21-56-55-19-11-10-18-47(55)28-30-57(56)60;/h10-33,39-41,44-46,50-51H,34-38H2,1-9H3;/q-3;. The molecule has 0 N–H and O–H groups in total. The summed E-state index contributed by atoms with van der Waals surface area (Å²) in [4.78, 5) is 10.1. The molecular weight excluding hydrogens is 1160 g/mol. The number of fused-ring (bicyclic) bond motifs is 7. The first-order valence-electron chi connectivity index (χ1n) is 28.3. The monoisotopic (exact) mass is 1230 g/mol. The largest absolute Gasteiger partial charge is 0.509 e. The maximum atomic E-state index is 7.08. The minimum absolute atomic E-state index is 0. The fraction of sp³-hybridized carbons (Fsp3) is 0.286. The molecule has 4 saturated carbocycles. The van der Waals surface area contributed by atoms with E-state index in [0.29, 0.717) is 23.3 Å². The summed E-state index contributed by atoms with van der Waals surface area (Å²) in [5.41, 5.74) is 10.4. The van der Waals surface area contributed by atoms with Crippen molar-refractivity contribution < 1.29 is 25.8 Å². The first-order valence-corrected chi connectivity index (χ1v) is 35.3. The summed E-state index contributed by atoms with van der Waals surface area (Å²) in [5, 5.41) is 10.6. The smallest absolute Gasteiger partial charge is 0.135 e. The number of nitrogens with zero attached hydrogens (tertiary/aromatic N) is 4. The summed E-state index contributed by atoms with van der Waals surface area (Å²) in [6, 6.07) is 66.8. The predicted molar refractivity (Wildman–Crippen MR) is 328 cm³/mol. The molecule has 4 fully saturated rings. The zero-order valence-corrected chi connectivity index (χ0v) is 50.8. The molecule has 0 atom stereocenters. The number of aromatic nitrogens is 2. The minimum Gasteiger partial charge on any atom is -0.509 e. The van der Waals surface area contributed by atoms with E-state index in [9.17, 15) is 0 Å². The van der Waals surface area contributed by atoms with Crippen LogP contribution in [0.3, 0.4) is 0 Å². The van der Waals surface area contributed by atoms with Gasteiger partial charge in [-0.3, -0.25) is 0 Å². The van der Waals surface area contributed by atoms with Gasteiger partial charge in [-0.05, 0) is 140 Å². The third kappa shape index (κ3) is 8.18. The van der Waals surface area contributed by atoms with E-state index in [0.717, 1.165) is 45.4 Å². The van der Waals surface area contributed by atoms with Gasteiger partial charge in [0.2, 0.25) is 0 Å². The zero-order valence-electron chi connectivity index (χ0n) is 46.5. The Morgan fingerprint density at radius 3 is 1.91 bits per heavy atom. The van der Waals surface area contributed by atoms with Crippen LogP contribution in [-0.2, 0) is 31.9 Å². The van der Waals surface area contributed by atoms with E-state index >= 15 is 0 Å². The van der Waals surface area contributed by atoms with E-state index in [4.69, 9.17) is 9.72 Å². The van der Waals surface area contributed by atoms with E-state index in [1.54, 1.807) is 0 Å². The summed E-state index contributed by atoms with van der Waals surface area (Å²) in [6.45, 7) is 24.0. The van der Waals surface area contributed by atoms with E-state index in [1.807, 2.05) is 0 Å². The van der Waals surface area contributed by atoms with Gasteiger partial charge in [-0.15, -0.1) is 53.6 Å². The second kappa shape index (κ2) is 18.7. The van der Waals surface area contributed by atoms with Gasteiger partial charge in [0, 0.05) is 66.8 Å². The van der Waals surface area contributed by atoms with Crippen LogP contribution < -0.4 is 24.9 Å². The van der Waals surface area contributed by atoms with Gasteiger partial charge in [0.25, 0.3) is 0 Å². The number of pyridine rings is 1. The predicted octanol–water partition coefficient (Wildman–Crippen LogP) is 17.4.